The number of anilines is 1. The second-order valence-corrected chi connectivity index (χ2v) is 8.00. The predicted molar refractivity (Wildman–Crippen MR) is 123 cm³/mol. The van der Waals surface area contributed by atoms with E-state index in [-0.39, 0.29) is 0 Å². The average molecular weight is 418 g/mol. The molecule has 1 N–H and O–H groups in total. The summed E-state index contributed by atoms with van der Waals surface area (Å²) in [6.07, 6.45) is 2.07. The maximum absolute atomic E-state index is 5.82. The van der Waals surface area contributed by atoms with Crippen LogP contribution in [0.1, 0.15) is 18.4 Å². The summed E-state index contributed by atoms with van der Waals surface area (Å²) in [4.78, 5) is 7.01. The molecule has 0 aliphatic carbocycles. The predicted octanol–water partition coefficient (Wildman–Crippen LogP) is 5.07. The lowest BCUT2D eigenvalue weighted by Gasteiger charge is -2.32. The molecule has 1 aromatic heterocycles. The van der Waals surface area contributed by atoms with Crippen LogP contribution in [-0.2, 0) is 6.54 Å². The number of rotatable bonds is 6. The smallest absolute Gasteiger partial charge is 0.295 e. The molecule has 1 aliphatic heterocycles. The van der Waals surface area contributed by atoms with Crippen molar-refractivity contribution in [2.45, 2.75) is 25.4 Å². The minimum Gasteiger partial charge on any atom is -0.496 e. The third-order valence-electron chi connectivity index (χ3n) is 6.06. The number of hydrogen-bond acceptors (Lipinski definition) is 6. The molecule has 1 aliphatic rings. The maximum Gasteiger partial charge on any atom is 0.295 e. The van der Waals surface area contributed by atoms with Gasteiger partial charge in [0.15, 0.2) is 5.58 Å². The van der Waals surface area contributed by atoms with E-state index in [2.05, 4.69) is 33.4 Å². The summed E-state index contributed by atoms with van der Waals surface area (Å²) in [6, 6.07) is 19.2. The van der Waals surface area contributed by atoms with Crippen LogP contribution >= 0.6 is 0 Å². The van der Waals surface area contributed by atoms with Crippen molar-refractivity contribution in [3.63, 3.8) is 0 Å². The first-order chi connectivity index (χ1) is 15.2. The Morgan fingerprint density at radius 1 is 1.00 bits per heavy atom. The highest BCUT2D eigenvalue weighted by molar-refractivity contribution is 5.94. The molecule has 160 valence electrons. The highest BCUT2D eigenvalue weighted by atomic mass is 16.5. The highest BCUT2D eigenvalue weighted by Gasteiger charge is 2.23. The third-order valence-corrected chi connectivity index (χ3v) is 6.06. The molecule has 6 heteroatoms. The Balaban J connectivity index is 1.27. The van der Waals surface area contributed by atoms with Crippen molar-refractivity contribution in [3.8, 4) is 11.5 Å². The van der Waals surface area contributed by atoms with E-state index in [1.54, 1.807) is 14.2 Å². The van der Waals surface area contributed by atoms with Crippen LogP contribution in [-0.4, -0.2) is 43.2 Å². The molecule has 6 nitrogen and oxygen atoms in total. The van der Waals surface area contributed by atoms with Gasteiger partial charge < -0.3 is 19.2 Å². The van der Waals surface area contributed by atoms with Gasteiger partial charge in [-0.2, -0.15) is 4.98 Å². The molecular formula is C25H27N3O3. The summed E-state index contributed by atoms with van der Waals surface area (Å²) in [5.74, 6) is 1.82. The molecule has 0 unspecified atom stereocenters. The summed E-state index contributed by atoms with van der Waals surface area (Å²) in [5.41, 5.74) is 2.86. The van der Waals surface area contributed by atoms with Crippen molar-refractivity contribution in [3.05, 3.63) is 60.2 Å². The number of piperidine rings is 1. The lowest BCUT2D eigenvalue weighted by Crippen LogP contribution is -2.38. The number of oxazole rings is 1. The molecule has 0 amide bonds. The number of nitrogens with zero attached hydrogens (tertiary/aromatic N) is 2. The minimum atomic E-state index is 0.359. The van der Waals surface area contributed by atoms with Gasteiger partial charge in [-0.3, -0.25) is 4.90 Å². The van der Waals surface area contributed by atoms with E-state index < -0.39 is 0 Å². The standard InChI is InChI=1S/C25H27N3O3/c1-29-23-15-17(24(30-2)20-8-4-3-7-19(20)23)16-28-13-11-18(12-14-28)26-25-27-21-9-5-6-10-22(21)31-25/h3-10,15,18H,11-14,16H2,1-2H3,(H,26,27). The summed E-state index contributed by atoms with van der Waals surface area (Å²) < 4.78 is 17.3. The van der Waals surface area contributed by atoms with Gasteiger partial charge in [0, 0.05) is 42.0 Å². The van der Waals surface area contributed by atoms with E-state index in [1.807, 2.05) is 36.4 Å². The molecule has 5 rings (SSSR count). The Labute approximate surface area is 181 Å². The molecule has 0 spiro atoms. The first-order valence-electron chi connectivity index (χ1n) is 10.7. The molecule has 3 aromatic carbocycles. The number of ether oxygens (including phenoxy) is 2. The van der Waals surface area contributed by atoms with E-state index in [4.69, 9.17) is 13.9 Å². The van der Waals surface area contributed by atoms with Gasteiger partial charge in [-0.25, -0.2) is 0 Å². The lowest BCUT2D eigenvalue weighted by atomic mass is 10.0. The van der Waals surface area contributed by atoms with Crippen molar-refractivity contribution in [1.29, 1.82) is 0 Å². The Morgan fingerprint density at radius 2 is 1.74 bits per heavy atom. The van der Waals surface area contributed by atoms with Gasteiger partial charge in [0.2, 0.25) is 0 Å². The Hall–Kier alpha value is -3.25. The first-order valence-corrected chi connectivity index (χ1v) is 10.7. The second kappa shape index (κ2) is 8.47. The van der Waals surface area contributed by atoms with Gasteiger partial charge in [-0.15, -0.1) is 0 Å². The van der Waals surface area contributed by atoms with E-state index in [9.17, 15) is 0 Å². The fourth-order valence-electron chi connectivity index (χ4n) is 4.48. The van der Waals surface area contributed by atoms with E-state index in [0.29, 0.717) is 12.1 Å². The number of aromatic nitrogens is 1. The van der Waals surface area contributed by atoms with Crippen LogP contribution < -0.4 is 14.8 Å². The maximum atomic E-state index is 5.82. The molecular weight excluding hydrogens is 390 g/mol. The SMILES string of the molecule is COc1cc(CN2CCC(Nc3nc4ccccc4o3)CC2)c(OC)c2ccccc12. The van der Waals surface area contributed by atoms with Crippen LogP contribution in [0.2, 0.25) is 0 Å². The highest BCUT2D eigenvalue weighted by Crippen LogP contribution is 2.37. The lowest BCUT2D eigenvalue weighted by molar-refractivity contribution is 0.208. The number of methoxy groups -OCH3 is 2. The van der Waals surface area contributed by atoms with Crippen LogP contribution in [0.5, 0.6) is 11.5 Å². The first kappa shape index (κ1) is 19.7. The molecule has 0 radical (unpaired) electrons. The van der Waals surface area contributed by atoms with Crippen molar-refractivity contribution < 1.29 is 13.9 Å². The van der Waals surface area contributed by atoms with Crippen LogP contribution in [0, 0.1) is 0 Å². The van der Waals surface area contributed by atoms with E-state index in [1.165, 1.54) is 0 Å². The molecule has 1 saturated heterocycles. The second-order valence-electron chi connectivity index (χ2n) is 8.00. The topological polar surface area (TPSA) is 59.8 Å². The van der Waals surface area contributed by atoms with Crippen LogP contribution in [0.25, 0.3) is 21.9 Å². The zero-order valence-corrected chi connectivity index (χ0v) is 17.9. The Morgan fingerprint density at radius 3 is 2.48 bits per heavy atom. The summed E-state index contributed by atoms with van der Waals surface area (Å²) >= 11 is 0. The Kier molecular flexibility index (Phi) is 5.38. The van der Waals surface area contributed by atoms with Crippen molar-refractivity contribution in [2.75, 3.05) is 32.6 Å². The summed E-state index contributed by atoms with van der Waals surface area (Å²) in [7, 11) is 3.47. The van der Waals surface area contributed by atoms with Crippen molar-refractivity contribution in [2.24, 2.45) is 0 Å². The number of fused-ring (bicyclic) bond motifs is 2. The molecule has 31 heavy (non-hydrogen) atoms. The van der Waals surface area contributed by atoms with E-state index in [0.717, 1.165) is 71.4 Å². The van der Waals surface area contributed by atoms with Crippen LogP contribution in [0.4, 0.5) is 6.01 Å². The van der Waals surface area contributed by atoms with Gasteiger partial charge in [0.25, 0.3) is 6.01 Å². The molecule has 2 heterocycles. The molecule has 4 aromatic rings. The molecule has 1 fully saturated rings. The van der Waals surface area contributed by atoms with Gasteiger partial charge in [-0.1, -0.05) is 36.4 Å². The zero-order valence-electron chi connectivity index (χ0n) is 17.9. The van der Waals surface area contributed by atoms with Crippen molar-refractivity contribution in [1.82, 2.24) is 9.88 Å². The molecule has 0 atom stereocenters. The number of para-hydroxylation sites is 2. The monoisotopic (exact) mass is 417 g/mol. The quantitative estimate of drug-likeness (QED) is 0.472. The largest absolute Gasteiger partial charge is 0.496 e. The number of nitrogens with one attached hydrogen (secondary N) is 1. The fraction of sp³-hybridized carbons (Fsp3) is 0.320. The molecule has 0 bridgehead atoms. The van der Waals surface area contributed by atoms with E-state index >= 15 is 0 Å². The summed E-state index contributed by atoms with van der Waals surface area (Å²) in [6.45, 7) is 2.83. The zero-order chi connectivity index (χ0) is 21.2. The minimum absolute atomic E-state index is 0.359. The number of likely N-dealkylation sites (tertiary alicyclic amines) is 1. The molecule has 0 saturated carbocycles. The normalized spacial score (nSPS) is 15.4. The number of hydrogen-bond donors (Lipinski definition) is 1. The Bertz CT molecular complexity index is 1160. The van der Waals surface area contributed by atoms with Gasteiger partial charge in [0.1, 0.15) is 17.0 Å². The fourth-order valence-corrected chi connectivity index (χ4v) is 4.48. The van der Waals surface area contributed by atoms with Gasteiger partial charge in [-0.05, 0) is 31.0 Å². The van der Waals surface area contributed by atoms with Crippen molar-refractivity contribution >= 4 is 27.9 Å². The number of benzene rings is 3. The summed E-state index contributed by atoms with van der Waals surface area (Å²) in [5, 5.41) is 5.64. The van der Waals surface area contributed by atoms with Crippen LogP contribution in [0.3, 0.4) is 0 Å². The average Bonchev–Trinajstić information content (AvgIpc) is 3.22. The van der Waals surface area contributed by atoms with Crippen LogP contribution in [0.15, 0.2) is 59.0 Å². The third kappa shape index (κ3) is 3.91. The van der Waals surface area contributed by atoms with Gasteiger partial charge in [0.05, 0.1) is 14.2 Å². The van der Waals surface area contributed by atoms with Gasteiger partial charge >= 0.3 is 0 Å².